The first kappa shape index (κ1) is 12.0. The molecule has 0 bridgehead atoms. The Hall–Kier alpha value is -1.11. The molecule has 1 aliphatic heterocycles. The molecular formula is C12H18N4OS. The van der Waals surface area contributed by atoms with Gasteiger partial charge in [-0.25, -0.2) is 10.4 Å². The zero-order chi connectivity index (χ0) is 12.4. The van der Waals surface area contributed by atoms with Gasteiger partial charge in [0.05, 0.1) is 13.7 Å². The van der Waals surface area contributed by atoms with Crippen molar-refractivity contribution in [2.45, 2.75) is 25.8 Å². The van der Waals surface area contributed by atoms with Gasteiger partial charge in [-0.05, 0) is 12.8 Å². The molecule has 0 radical (unpaired) electrons. The maximum Gasteiger partial charge on any atom is 0.237 e. The molecule has 2 aromatic heterocycles. The lowest BCUT2D eigenvalue weighted by molar-refractivity contribution is 0.149. The van der Waals surface area contributed by atoms with Crippen molar-refractivity contribution in [2.24, 2.45) is 0 Å². The van der Waals surface area contributed by atoms with Crippen molar-refractivity contribution >= 4 is 16.3 Å². The fourth-order valence-corrected chi connectivity index (χ4v) is 3.10. The van der Waals surface area contributed by atoms with Crippen LogP contribution in [0.3, 0.4) is 0 Å². The van der Waals surface area contributed by atoms with Gasteiger partial charge in [-0.2, -0.15) is 4.98 Å². The largest absolute Gasteiger partial charge is 0.480 e. The van der Waals surface area contributed by atoms with Crippen LogP contribution in [0, 0.1) is 0 Å². The first-order valence-corrected chi connectivity index (χ1v) is 7.23. The van der Waals surface area contributed by atoms with Gasteiger partial charge >= 0.3 is 0 Å². The summed E-state index contributed by atoms with van der Waals surface area (Å²) in [5.74, 6) is 0.728. The molecule has 3 heterocycles. The highest BCUT2D eigenvalue weighted by Gasteiger charge is 2.15. The average molecular weight is 266 g/mol. The Morgan fingerprint density at radius 1 is 1.39 bits per heavy atom. The standard InChI is InChI=1S/C12H18N4OS/c1-17-11-10(16-7-8-18-12(16)14-11)9-13-15-5-3-2-4-6-15/h7-8,13H,2-6,9H2,1H3. The molecule has 0 aliphatic carbocycles. The normalized spacial score (nSPS) is 17.4. The molecule has 18 heavy (non-hydrogen) atoms. The van der Waals surface area contributed by atoms with Crippen LogP contribution < -0.4 is 10.2 Å². The first-order chi connectivity index (χ1) is 8.88. The monoisotopic (exact) mass is 266 g/mol. The van der Waals surface area contributed by atoms with Crippen LogP contribution in [0.4, 0.5) is 0 Å². The SMILES string of the molecule is COc1nc2sccn2c1CNN1CCCCC1. The quantitative estimate of drug-likeness (QED) is 0.917. The molecule has 6 heteroatoms. The predicted octanol–water partition coefficient (Wildman–Crippen LogP) is 1.89. The summed E-state index contributed by atoms with van der Waals surface area (Å²) >= 11 is 1.63. The minimum Gasteiger partial charge on any atom is -0.480 e. The number of methoxy groups -OCH3 is 1. The Balaban J connectivity index is 1.74. The molecule has 0 saturated carbocycles. The van der Waals surface area contributed by atoms with Crippen LogP contribution in [0.2, 0.25) is 0 Å². The summed E-state index contributed by atoms with van der Waals surface area (Å²) < 4.78 is 7.44. The number of thiazole rings is 1. The van der Waals surface area contributed by atoms with E-state index in [0.29, 0.717) is 0 Å². The smallest absolute Gasteiger partial charge is 0.237 e. The molecule has 1 saturated heterocycles. The highest BCUT2D eigenvalue weighted by Crippen LogP contribution is 2.23. The summed E-state index contributed by atoms with van der Waals surface area (Å²) in [5, 5.41) is 4.35. The maximum absolute atomic E-state index is 5.34. The summed E-state index contributed by atoms with van der Waals surface area (Å²) in [5.41, 5.74) is 4.57. The number of imidazole rings is 1. The lowest BCUT2D eigenvalue weighted by Crippen LogP contribution is -2.41. The van der Waals surface area contributed by atoms with E-state index >= 15 is 0 Å². The summed E-state index contributed by atoms with van der Waals surface area (Å²) in [4.78, 5) is 5.44. The molecule has 2 aromatic rings. The first-order valence-electron chi connectivity index (χ1n) is 6.35. The van der Waals surface area contributed by atoms with Crippen LogP contribution in [0.1, 0.15) is 25.0 Å². The Morgan fingerprint density at radius 2 is 2.22 bits per heavy atom. The number of rotatable bonds is 4. The van der Waals surface area contributed by atoms with E-state index in [1.54, 1.807) is 18.4 Å². The number of fused-ring (bicyclic) bond motifs is 1. The average Bonchev–Trinajstić information content (AvgIpc) is 2.98. The van der Waals surface area contributed by atoms with Gasteiger partial charge in [0.1, 0.15) is 5.69 Å². The second-order valence-corrected chi connectivity index (χ2v) is 5.38. The van der Waals surface area contributed by atoms with E-state index in [1.165, 1.54) is 19.3 Å². The number of hydrazine groups is 1. The maximum atomic E-state index is 5.34. The van der Waals surface area contributed by atoms with Crippen LogP contribution in [0.25, 0.3) is 4.96 Å². The van der Waals surface area contributed by atoms with Gasteiger partial charge in [0, 0.05) is 24.7 Å². The third kappa shape index (κ3) is 2.23. The number of hydrogen-bond acceptors (Lipinski definition) is 5. The van der Waals surface area contributed by atoms with E-state index < -0.39 is 0 Å². The molecule has 5 nitrogen and oxygen atoms in total. The Morgan fingerprint density at radius 3 is 3.00 bits per heavy atom. The summed E-state index contributed by atoms with van der Waals surface area (Å²) in [6.07, 6.45) is 5.96. The zero-order valence-corrected chi connectivity index (χ0v) is 11.4. The molecule has 1 N–H and O–H groups in total. The van der Waals surface area contributed by atoms with Gasteiger partial charge in [0.15, 0.2) is 4.96 Å². The van der Waals surface area contributed by atoms with E-state index in [-0.39, 0.29) is 0 Å². The molecule has 0 amide bonds. The molecule has 98 valence electrons. The van der Waals surface area contributed by atoms with E-state index in [9.17, 15) is 0 Å². The van der Waals surface area contributed by atoms with Crippen LogP contribution in [-0.4, -0.2) is 34.6 Å². The van der Waals surface area contributed by atoms with E-state index in [2.05, 4.69) is 19.8 Å². The second kappa shape index (κ2) is 5.26. The highest BCUT2D eigenvalue weighted by molar-refractivity contribution is 7.15. The van der Waals surface area contributed by atoms with Crippen molar-refractivity contribution in [3.8, 4) is 5.88 Å². The number of nitrogens with zero attached hydrogens (tertiary/aromatic N) is 3. The zero-order valence-electron chi connectivity index (χ0n) is 10.6. The van der Waals surface area contributed by atoms with Crippen molar-refractivity contribution in [2.75, 3.05) is 20.2 Å². The lowest BCUT2D eigenvalue weighted by Gasteiger charge is -2.27. The van der Waals surface area contributed by atoms with Crippen molar-refractivity contribution in [3.05, 3.63) is 17.3 Å². The number of hydrogen-bond donors (Lipinski definition) is 1. The number of piperidine rings is 1. The highest BCUT2D eigenvalue weighted by atomic mass is 32.1. The minimum absolute atomic E-state index is 0.728. The van der Waals surface area contributed by atoms with Crippen LogP contribution >= 0.6 is 11.3 Å². The van der Waals surface area contributed by atoms with Crippen LogP contribution in [0.15, 0.2) is 11.6 Å². The predicted molar refractivity (Wildman–Crippen MR) is 71.9 cm³/mol. The molecule has 1 fully saturated rings. The Labute approximate surface area is 110 Å². The summed E-state index contributed by atoms with van der Waals surface area (Å²) in [6.45, 7) is 3.03. The van der Waals surface area contributed by atoms with Gasteiger partial charge in [-0.3, -0.25) is 4.40 Å². The number of aromatic nitrogens is 2. The molecular weight excluding hydrogens is 248 g/mol. The Kier molecular flexibility index (Phi) is 3.49. The lowest BCUT2D eigenvalue weighted by atomic mass is 10.2. The van der Waals surface area contributed by atoms with E-state index in [1.807, 2.05) is 11.6 Å². The summed E-state index contributed by atoms with van der Waals surface area (Å²) in [6, 6.07) is 0. The number of ether oxygens (including phenoxy) is 1. The van der Waals surface area contributed by atoms with Gasteiger partial charge in [-0.15, -0.1) is 11.3 Å². The molecule has 0 atom stereocenters. The number of nitrogens with one attached hydrogen (secondary N) is 1. The third-order valence-electron chi connectivity index (χ3n) is 3.34. The van der Waals surface area contributed by atoms with Crippen LogP contribution in [-0.2, 0) is 6.54 Å². The molecule has 1 aliphatic rings. The van der Waals surface area contributed by atoms with Crippen molar-refractivity contribution < 1.29 is 4.74 Å². The van der Waals surface area contributed by atoms with E-state index in [4.69, 9.17) is 4.74 Å². The fraction of sp³-hybridized carbons (Fsp3) is 0.583. The fourth-order valence-electron chi connectivity index (χ4n) is 2.38. The van der Waals surface area contributed by atoms with Gasteiger partial charge in [0.25, 0.3) is 0 Å². The molecule has 0 aromatic carbocycles. The molecule has 0 spiro atoms. The van der Waals surface area contributed by atoms with Crippen molar-refractivity contribution in [1.29, 1.82) is 0 Å². The van der Waals surface area contributed by atoms with Gasteiger partial charge in [0.2, 0.25) is 5.88 Å². The minimum atomic E-state index is 0.728. The van der Waals surface area contributed by atoms with Gasteiger partial charge in [-0.1, -0.05) is 6.42 Å². The third-order valence-corrected chi connectivity index (χ3v) is 4.10. The second-order valence-electron chi connectivity index (χ2n) is 4.51. The van der Waals surface area contributed by atoms with Gasteiger partial charge < -0.3 is 4.74 Å². The van der Waals surface area contributed by atoms with E-state index in [0.717, 1.165) is 36.2 Å². The Bertz CT molecular complexity index is 515. The topological polar surface area (TPSA) is 41.8 Å². The van der Waals surface area contributed by atoms with Crippen LogP contribution in [0.5, 0.6) is 5.88 Å². The molecule has 3 rings (SSSR count). The molecule has 0 unspecified atom stereocenters. The van der Waals surface area contributed by atoms with Crippen molar-refractivity contribution in [1.82, 2.24) is 19.8 Å². The summed E-state index contributed by atoms with van der Waals surface area (Å²) in [7, 11) is 1.68. The van der Waals surface area contributed by atoms with Crippen molar-refractivity contribution in [3.63, 3.8) is 0 Å².